The van der Waals surface area contributed by atoms with Crippen LogP contribution >= 0.6 is 34.8 Å². The van der Waals surface area contributed by atoms with E-state index in [4.69, 9.17) is 34.8 Å². The van der Waals surface area contributed by atoms with Crippen molar-refractivity contribution in [2.24, 2.45) is 11.8 Å². The number of rotatable bonds is 5. The van der Waals surface area contributed by atoms with E-state index in [0.29, 0.717) is 33.0 Å². The number of anilines is 1. The third kappa shape index (κ3) is 3.59. The van der Waals surface area contributed by atoms with Gasteiger partial charge in [0, 0.05) is 6.42 Å². The quantitative estimate of drug-likeness (QED) is 0.210. The first-order valence-electron chi connectivity index (χ1n) is 13.3. The maximum Gasteiger partial charge on any atom is 0.248 e. The maximum atomic E-state index is 14.5. The molecule has 0 radical (unpaired) electrons. The first kappa shape index (κ1) is 26.3. The van der Waals surface area contributed by atoms with Gasteiger partial charge in [0.1, 0.15) is 15.8 Å². The summed E-state index contributed by atoms with van der Waals surface area (Å²) in [6, 6.07) is 29.9. The summed E-state index contributed by atoms with van der Waals surface area (Å²) < 4.78 is 0. The zero-order valence-electron chi connectivity index (χ0n) is 21.6. The number of para-hydroxylation sites is 1. The topological polar surface area (TPSA) is 66.5 Å². The molecule has 5 nitrogen and oxygen atoms in total. The van der Waals surface area contributed by atoms with Crippen molar-refractivity contribution < 1.29 is 14.4 Å². The molecule has 3 amide bonds. The Balaban J connectivity index is 1.37. The fourth-order valence-electron chi connectivity index (χ4n) is 6.91. The van der Waals surface area contributed by atoms with Gasteiger partial charge in [-0.05, 0) is 39.9 Å². The summed E-state index contributed by atoms with van der Waals surface area (Å²) in [4.78, 5) is 41.4. The number of imide groups is 1. The second kappa shape index (κ2) is 9.45. The van der Waals surface area contributed by atoms with E-state index in [1.165, 1.54) is 0 Å². The van der Waals surface area contributed by atoms with Crippen LogP contribution in [0.1, 0.15) is 27.8 Å². The van der Waals surface area contributed by atoms with Crippen LogP contribution in [0.15, 0.2) is 103 Å². The van der Waals surface area contributed by atoms with Gasteiger partial charge in [0.2, 0.25) is 17.7 Å². The molecule has 1 aliphatic heterocycles. The first-order chi connectivity index (χ1) is 19.8. The molecule has 1 fully saturated rings. The van der Waals surface area contributed by atoms with E-state index >= 15 is 0 Å². The molecule has 0 unspecified atom stereocenters. The molecule has 41 heavy (non-hydrogen) atoms. The molecule has 8 heteroatoms. The zero-order chi connectivity index (χ0) is 28.5. The fourth-order valence-corrected chi connectivity index (χ4v) is 8.19. The van der Waals surface area contributed by atoms with Gasteiger partial charge in [0.15, 0.2) is 0 Å². The lowest BCUT2D eigenvalue weighted by Crippen LogP contribution is -2.57. The Morgan fingerprint density at radius 1 is 0.707 bits per heavy atom. The minimum absolute atomic E-state index is 0.110. The molecular formula is C33H23Cl3N2O3. The summed E-state index contributed by atoms with van der Waals surface area (Å²) >= 11 is 21.5. The molecule has 1 N–H and O–H groups in total. The van der Waals surface area contributed by atoms with Crippen LogP contribution in [0.3, 0.4) is 0 Å². The number of amides is 3. The number of nitrogens with one attached hydrogen (secondary N) is 1. The predicted octanol–water partition coefficient (Wildman–Crippen LogP) is 6.48. The summed E-state index contributed by atoms with van der Waals surface area (Å²) in [5.74, 6) is -3.55. The predicted molar refractivity (Wildman–Crippen MR) is 159 cm³/mol. The second-order valence-corrected chi connectivity index (χ2v) is 12.3. The van der Waals surface area contributed by atoms with Crippen LogP contribution in [0.5, 0.6) is 0 Å². The molecule has 1 saturated heterocycles. The average molecular weight is 602 g/mol. The maximum absolute atomic E-state index is 14.5. The summed E-state index contributed by atoms with van der Waals surface area (Å²) in [7, 11) is 0. The van der Waals surface area contributed by atoms with Gasteiger partial charge in [-0.1, -0.05) is 103 Å². The van der Waals surface area contributed by atoms with Crippen molar-refractivity contribution >= 4 is 58.2 Å². The molecule has 0 aromatic heterocycles. The zero-order valence-corrected chi connectivity index (χ0v) is 23.8. The third-order valence-electron chi connectivity index (χ3n) is 8.64. The van der Waals surface area contributed by atoms with Gasteiger partial charge in [0.05, 0.1) is 22.5 Å². The molecule has 4 aromatic carbocycles. The van der Waals surface area contributed by atoms with E-state index in [-0.39, 0.29) is 6.42 Å². The van der Waals surface area contributed by atoms with Gasteiger partial charge in [-0.2, -0.15) is 0 Å². The van der Waals surface area contributed by atoms with E-state index in [1.54, 1.807) is 24.3 Å². The number of likely N-dealkylation sites (tertiary alicyclic amines) is 1. The highest BCUT2D eigenvalue weighted by Gasteiger charge is 2.73. The van der Waals surface area contributed by atoms with Gasteiger partial charge in [-0.3, -0.25) is 19.3 Å². The van der Waals surface area contributed by atoms with Crippen molar-refractivity contribution in [3.05, 3.63) is 136 Å². The van der Waals surface area contributed by atoms with Crippen molar-refractivity contribution in [2.75, 3.05) is 5.32 Å². The molecule has 3 aliphatic carbocycles. The Morgan fingerprint density at radius 3 is 1.63 bits per heavy atom. The van der Waals surface area contributed by atoms with Crippen LogP contribution in [0.25, 0.3) is 0 Å². The number of benzene rings is 4. The van der Waals surface area contributed by atoms with Crippen molar-refractivity contribution in [1.29, 1.82) is 0 Å². The Bertz CT molecular complexity index is 1620. The van der Waals surface area contributed by atoms with Gasteiger partial charge in [-0.15, -0.1) is 23.2 Å². The highest BCUT2D eigenvalue weighted by molar-refractivity contribution is 6.36. The lowest BCUT2D eigenvalue weighted by molar-refractivity contribution is -0.146. The highest BCUT2D eigenvalue weighted by Crippen LogP contribution is 2.69. The molecule has 1 heterocycles. The number of hydrogen-bond acceptors (Lipinski definition) is 3. The molecule has 2 bridgehead atoms. The summed E-state index contributed by atoms with van der Waals surface area (Å²) in [5.41, 5.74) is 4.01. The molecule has 0 spiro atoms. The van der Waals surface area contributed by atoms with Crippen molar-refractivity contribution in [3.63, 3.8) is 0 Å². The standard InChI is InChI=1S/C33H23Cl3N2O3/c34-24-16-8-9-17-25(24)37-29(39)26(18-19-10-2-1-3-11-19)38-30(40)27-28(31(38)41)33(36)21-13-5-4-12-20(21)32(27,35)22-14-6-7-15-23(22)33/h1-17,26-28H,18H2,(H,37,39)/t26-,27-,28-,32?,33?/m0/s1. The van der Waals surface area contributed by atoms with Crippen LogP contribution in [-0.2, 0) is 30.6 Å². The van der Waals surface area contributed by atoms with Crippen molar-refractivity contribution in [1.82, 2.24) is 4.90 Å². The number of halogens is 3. The number of carbonyl (C=O) groups excluding carboxylic acids is 3. The Labute approximate surface area is 252 Å². The molecule has 4 aliphatic rings. The number of nitrogens with zero attached hydrogens (tertiary/aromatic N) is 1. The molecule has 8 rings (SSSR count). The Kier molecular flexibility index (Phi) is 6.06. The SMILES string of the molecule is O=C(Nc1ccccc1Cl)[C@H](Cc1ccccc1)N1C(=O)[C@@H]2[C@@H](C1=O)C1(Cl)c3ccccc3C2(Cl)c2ccccc21. The molecule has 3 atom stereocenters. The van der Waals surface area contributed by atoms with Crippen LogP contribution < -0.4 is 5.32 Å². The van der Waals surface area contributed by atoms with Crippen LogP contribution in [-0.4, -0.2) is 28.7 Å². The Hall–Kier alpha value is -3.64. The molecule has 204 valence electrons. The van der Waals surface area contributed by atoms with E-state index in [9.17, 15) is 14.4 Å². The summed E-state index contributed by atoms with van der Waals surface area (Å²) in [6.45, 7) is 0. The summed E-state index contributed by atoms with van der Waals surface area (Å²) in [5, 5.41) is 3.18. The Morgan fingerprint density at radius 2 is 1.15 bits per heavy atom. The number of carbonyl (C=O) groups is 3. The normalized spacial score (nSPS) is 26.3. The van der Waals surface area contributed by atoms with Crippen molar-refractivity contribution in [3.8, 4) is 0 Å². The lowest BCUT2D eigenvalue weighted by atomic mass is 9.54. The first-order valence-corrected chi connectivity index (χ1v) is 14.4. The highest BCUT2D eigenvalue weighted by atomic mass is 35.5. The van der Waals surface area contributed by atoms with Crippen LogP contribution in [0.4, 0.5) is 5.69 Å². The number of alkyl halides is 2. The van der Waals surface area contributed by atoms with E-state index in [0.717, 1.165) is 10.5 Å². The molecule has 0 saturated carbocycles. The minimum atomic E-state index is -1.33. The van der Waals surface area contributed by atoms with Crippen LogP contribution in [0, 0.1) is 11.8 Å². The second-order valence-electron chi connectivity index (χ2n) is 10.7. The number of hydrogen-bond donors (Lipinski definition) is 1. The fraction of sp³-hybridized carbons (Fsp3) is 0.182. The van der Waals surface area contributed by atoms with Gasteiger partial charge in [-0.25, -0.2) is 0 Å². The average Bonchev–Trinajstić information content (AvgIpc) is 3.27. The van der Waals surface area contributed by atoms with E-state index in [2.05, 4.69) is 5.32 Å². The van der Waals surface area contributed by atoms with Crippen LogP contribution in [0.2, 0.25) is 5.02 Å². The smallest absolute Gasteiger partial charge is 0.248 e. The van der Waals surface area contributed by atoms with E-state index in [1.807, 2.05) is 78.9 Å². The van der Waals surface area contributed by atoms with E-state index < -0.39 is 45.3 Å². The summed E-state index contributed by atoms with van der Waals surface area (Å²) in [6.07, 6.45) is 0.110. The van der Waals surface area contributed by atoms with Crippen molar-refractivity contribution in [2.45, 2.75) is 22.2 Å². The third-order valence-corrected chi connectivity index (χ3v) is 10.3. The monoisotopic (exact) mass is 600 g/mol. The van der Waals surface area contributed by atoms with Gasteiger partial charge < -0.3 is 5.32 Å². The largest absolute Gasteiger partial charge is 0.323 e. The molecule has 4 aromatic rings. The molecular weight excluding hydrogens is 579 g/mol. The lowest BCUT2D eigenvalue weighted by Gasteiger charge is -2.54. The van der Waals surface area contributed by atoms with Gasteiger partial charge in [0.25, 0.3) is 0 Å². The van der Waals surface area contributed by atoms with Gasteiger partial charge >= 0.3 is 0 Å². The minimum Gasteiger partial charge on any atom is -0.323 e.